The van der Waals surface area contributed by atoms with Gasteiger partial charge >= 0.3 is 267 Å². The van der Waals surface area contributed by atoms with Gasteiger partial charge in [-0.3, -0.25) is 0 Å². The zero-order valence-electron chi connectivity index (χ0n) is 27.0. The summed E-state index contributed by atoms with van der Waals surface area (Å²) in [6, 6.07) is 44.7. The van der Waals surface area contributed by atoms with E-state index in [1.165, 1.54) is 63.3 Å². The third kappa shape index (κ3) is 3.22. The maximum atomic E-state index is 6.89. The van der Waals surface area contributed by atoms with Crippen molar-refractivity contribution in [3.63, 3.8) is 0 Å². The van der Waals surface area contributed by atoms with Crippen molar-refractivity contribution in [2.75, 3.05) is 0 Å². The third-order valence-electron chi connectivity index (χ3n) is 10.8. The SMILES string of the molecule is CC(C)(C)c1cc[n+]2c(c1)[As]1c3ccccc3-c3ccc4c(c31)C21c2c(cccc2-n2cc(-c3ccc(-c5ccccc5)cc3)c[n+]21)O4. The van der Waals surface area contributed by atoms with Crippen LogP contribution in [0.15, 0.2) is 140 Å². The zero-order valence-corrected chi connectivity index (χ0v) is 28.9. The summed E-state index contributed by atoms with van der Waals surface area (Å²) in [5.74, 6) is 1.90. The number of rotatable bonds is 2. The summed E-state index contributed by atoms with van der Waals surface area (Å²) in [5, 5.41) is 0. The molecule has 0 saturated carbocycles. The molecule has 0 radical (unpaired) electrons. The molecule has 0 bridgehead atoms. The van der Waals surface area contributed by atoms with E-state index in [0.29, 0.717) is 0 Å². The molecule has 2 aromatic heterocycles. The number of nitrogens with zero attached hydrogens (tertiary/aromatic N) is 3. The molecule has 2 unspecified atom stereocenters. The number of fused-ring (bicyclic) bond motifs is 7. The average molecular weight is 682 g/mol. The Kier molecular flexibility index (Phi) is 5.05. The van der Waals surface area contributed by atoms with Gasteiger partial charge in [-0.05, 0) is 0 Å². The minimum absolute atomic E-state index is 0.0344. The molecular formula is C43H32AsN3O+2. The Morgan fingerprint density at radius 3 is 2.21 bits per heavy atom. The molecule has 5 heteroatoms. The maximum absolute atomic E-state index is 6.89. The second-order valence-corrected chi connectivity index (χ2v) is 18.7. The Balaban J connectivity index is 1.22. The van der Waals surface area contributed by atoms with Crippen LogP contribution in [0.5, 0.6) is 11.5 Å². The zero-order chi connectivity index (χ0) is 31.9. The van der Waals surface area contributed by atoms with Gasteiger partial charge in [0.2, 0.25) is 0 Å². The summed E-state index contributed by atoms with van der Waals surface area (Å²) >= 11 is -1.94. The molecule has 11 rings (SSSR count). The van der Waals surface area contributed by atoms with Gasteiger partial charge < -0.3 is 0 Å². The van der Waals surface area contributed by atoms with Crippen molar-refractivity contribution >= 4 is 27.8 Å². The van der Waals surface area contributed by atoms with Crippen molar-refractivity contribution in [3.8, 4) is 50.6 Å². The molecule has 4 aliphatic rings. The Bertz CT molecular complexity index is 2530. The fourth-order valence-corrected chi connectivity index (χ4v) is 14.9. The van der Waals surface area contributed by atoms with Crippen molar-refractivity contribution < 1.29 is 14.0 Å². The summed E-state index contributed by atoms with van der Waals surface area (Å²) in [5.41, 5.74) is 12.1. The first-order valence-corrected chi connectivity index (χ1v) is 19.5. The molecule has 0 fully saturated rings. The van der Waals surface area contributed by atoms with Crippen LogP contribution in [0.3, 0.4) is 0 Å². The van der Waals surface area contributed by atoms with Crippen LogP contribution in [0, 0.1) is 0 Å². The molecule has 0 saturated heterocycles. The number of pyridine rings is 1. The molecule has 48 heavy (non-hydrogen) atoms. The standard InChI is InChI=1S/C43H32AsN3O/c1-42(2,3)31-22-23-45-38(24-31)44-34-13-8-7-12-32(34)33-20-21-37-40(41(33)44)43(45)39-35(14-9-15-36(39)48-37)46-25-30(26-47(43)46)29-18-16-28(17-19-29)27-10-5-4-6-11-27/h4-26H,1-3H3/q+2. The summed E-state index contributed by atoms with van der Waals surface area (Å²) in [6.45, 7) is 6.99. The summed E-state index contributed by atoms with van der Waals surface area (Å²) in [6.07, 6.45) is 7.07. The molecule has 1 spiro atoms. The average Bonchev–Trinajstić information content (AvgIpc) is 3.78. The topological polar surface area (TPSA) is 21.9 Å². The molecule has 7 aromatic rings. The van der Waals surface area contributed by atoms with E-state index >= 15 is 0 Å². The Morgan fingerprint density at radius 1 is 0.667 bits per heavy atom. The normalized spacial score (nSPS) is 18.4. The number of benzene rings is 5. The fraction of sp³-hybridized carbons (Fsp3) is 0.116. The second kappa shape index (κ2) is 9.03. The van der Waals surface area contributed by atoms with E-state index < -0.39 is 20.3 Å². The van der Waals surface area contributed by atoms with Gasteiger partial charge in [0.25, 0.3) is 0 Å². The Labute approximate surface area is 284 Å². The monoisotopic (exact) mass is 681 g/mol. The van der Waals surface area contributed by atoms with Crippen molar-refractivity contribution in [2.24, 2.45) is 0 Å². The van der Waals surface area contributed by atoms with Gasteiger partial charge in [-0.1, -0.05) is 18.2 Å². The van der Waals surface area contributed by atoms with Crippen LogP contribution < -0.4 is 27.2 Å². The van der Waals surface area contributed by atoms with Gasteiger partial charge in [-0.15, -0.1) is 0 Å². The van der Waals surface area contributed by atoms with E-state index in [-0.39, 0.29) is 5.41 Å². The minimum atomic E-state index is -1.94. The molecular weight excluding hydrogens is 649 g/mol. The van der Waals surface area contributed by atoms with Gasteiger partial charge in [-0.2, -0.15) is 0 Å². The molecule has 228 valence electrons. The second-order valence-electron chi connectivity index (χ2n) is 14.4. The van der Waals surface area contributed by atoms with Gasteiger partial charge in [0, 0.05) is 0 Å². The summed E-state index contributed by atoms with van der Waals surface area (Å²) in [4.78, 5) is 0. The molecule has 0 N–H and O–H groups in total. The summed E-state index contributed by atoms with van der Waals surface area (Å²) < 4.78 is 18.9. The van der Waals surface area contributed by atoms with Crippen LogP contribution in [0.4, 0.5) is 0 Å². The van der Waals surface area contributed by atoms with E-state index in [4.69, 9.17) is 4.74 Å². The first-order valence-electron chi connectivity index (χ1n) is 16.7. The summed E-state index contributed by atoms with van der Waals surface area (Å²) in [7, 11) is 0. The first-order chi connectivity index (χ1) is 23.4. The molecule has 4 aliphatic heterocycles. The molecule has 4 nitrogen and oxygen atoms in total. The quantitative estimate of drug-likeness (QED) is 0.157. The van der Waals surface area contributed by atoms with E-state index in [0.717, 1.165) is 17.2 Å². The first kappa shape index (κ1) is 26.8. The van der Waals surface area contributed by atoms with E-state index in [9.17, 15) is 0 Å². The van der Waals surface area contributed by atoms with Crippen molar-refractivity contribution in [1.82, 2.24) is 4.68 Å². The Morgan fingerprint density at radius 2 is 1.40 bits per heavy atom. The van der Waals surface area contributed by atoms with Crippen LogP contribution in [0.1, 0.15) is 37.5 Å². The van der Waals surface area contributed by atoms with Crippen molar-refractivity contribution in [2.45, 2.75) is 31.8 Å². The van der Waals surface area contributed by atoms with E-state index in [2.05, 4.69) is 175 Å². The number of aromatic nitrogens is 3. The Hall–Kier alpha value is -5.18. The predicted molar refractivity (Wildman–Crippen MR) is 190 cm³/mol. The van der Waals surface area contributed by atoms with Gasteiger partial charge in [-0.25, -0.2) is 0 Å². The fourth-order valence-electron chi connectivity index (χ4n) is 8.56. The molecule has 5 aromatic carbocycles. The van der Waals surface area contributed by atoms with Gasteiger partial charge in [0.05, 0.1) is 0 Å². The van der Waals surface area contributed by atoms with E-state index in [1.807, 2.05) is 0 Å². The van der Waals surface area contributed by atoms with Crippen LogP contribution in [-0.2, 0) is 11.1 Å². The van der Waals surface area contributed by atoms with Crippen LogP contribution >= 0.6 is 0 Å². The van der Waals surface area contributed by atoms with Crippen LogP contribution in [0.2, 0.25) is 0 Å². The van der Waals surface area contributed by atoms with Crippen LogP contribution in [-0.4, -0.2) is 19.3 Å². The molecule has 2 atom stereocenters. The van der Waals surface area contributed by atoms with Gasteiger partial charge in [0.1, 0.15) is 0 Å². The van der Waals surface area contributed by atoms with Crippen molar-refractivity contribution in [1.29, 1.82) is 0 Å². The number of ether oxygens (including phenoxy) is 1. The third-order valence-corrected chi connectivity index (χ3v) is 16.2. The van der Waals surface area contributed by atoms with Gasteiger partial charge in [0.15, 0.2) is 0 Å². The molecule has 6 heterocycles. The van der Waals surface area contributed by atoms with Crippen LogP contribution in [0.25, 0.3) is 39.1 Å². The van der Waals surface area contributed by atoms with E-state index in [1.54, 1.807) is 0 Å². The predicted octanol–water partition coefficient (Wildman–Crippen LogP) is 6.21. The number of hydrogen-bond donors (Lipinski definition) is 0. The number of hydrogen-bond acceptors (Lipinski definition) is 1. The molecule has 0 amide bonds. The molecule has 0 aliphatic carbocycles. The van der Waals surface area contributed by atoms with Crippen molar-refractivity contribution in [3.05, 3.63) is 157 Å².